The first kappa shape index (κ1) is 19.9. The second-order valence-corrected chi connectivity index (χ2v) is 8.04. The average molecular weight is 418 g/mol. The molecular formula is C24H19FN2O2S. The van der Waals surface area contributed by atoms with Gasteiger partial charge in [-0.15, -0.1) is 0 Å². The summed E-state index contributed by atoms with van der Waals surface area (Å²) in [4.78, 5) is 28.5. The minimum atomic E-state index is -0.628. The van der Waals surface area contributed by atoms with E-state index < -0.39 is 17.6 Å². The van der Waals surface area contributed by atoms with Crippen molar-refractivity contribution in [2.45, 2.75) is 18.7 Å². The van der Waals surface area contributed by atoms with Gasteiger partial charge in [0, 0.05) is 10.6 Å². The predicted molar refractivity (Wildman–Crippen MR) is 118 cm³/mol. The van der Waals surface area contributed by atoms with Crippen LogP contribution in [-0.2, 0) is 9.59 Å². The van der Waals surface area contributed by atoms with Gasteiger partial charge in [0.25, 0.3) is 11.8 Å². The van der Waals surface area contributed by atoms with E-state index in [1.165, 1.54) is 30.0 Å². The summed E-state index contributed by atoms with van der Waals surface area (Å²) in [5, 5.41) is 3.14. The van der Waals surface area contributed by atoms with E-state index in [-0.39, 0.29) is 16.3 Å². The lowest BCUT2D eigenvalue weighted by molar-refractivity contribution is -0.120. The topological polar surface area (TPSA) is 49.4 Å². The van der Waals surface area contributed by atoms with Gasteiger partial charge in [0.1, 0.15) is 16.4 Å². The molecule has 0 fully saturated rings. The van der Waals surface area contributed by atoms with Gasteiger partial charge < -0.3 is 5.32 Å². The van der Waals surface area contributed by atoms with Gasteiger partial charge in [0.05, 0.1) is 5.69 Å². The lowest BCUT2D eigenvalue weighted by Gasteiger charge is -2.16. The Balaban J connectivity index is 1.79. The fraction of sp³-hybridized carbons (Fsp3) is 0.0833. The maximum atomic E-state index is 14.4. The fourth-order valence-corrected chi connectivity index (χ4v) is 4.13. The van der Waals surface area contributed by atoms with Crippen LogP contribution in [0.4, 0.5) is 15.8 Å². The number of rotatable bonds is 5. The molecule has 0 radical (unpaired) electrons. The van der Waals surface area contributed by atoms with Crippen LogP contribution in [0.25, 0.3) is 0 Å². The number of benzene rings is 3. The second-order valence-electron chi connectivity index (χ2n) is 6.96. The van der Waals surface area contributed by atoms with E-state index >= 15 is 0 Å². The summed E-state index contributed by atoms with van der Waals surface area (Å²) in [7, 11) is 0. The Hall–Kier alpha value is -3.38. The lowest BCUT2D eigenvalue weighted by Crippen LogP contribution is -2.33. The first-order valence-corrected chi connectivity index (χ1v) is 10.2. The molecule has 3 aromatic carbocycles. The van der Waals surface area contributed by atoms with Crippen molar-refractivity contribution in [3.8, 4) is 0 Å². The summed E-state index contributed by atoms with van der Waals surface area (Å²) in [5.74, 6) is -1.76. The highest BCUT2D eigenvalue weighted by molar-refractivity contribution is 8.04. The summed E-state index contributed by atoms with van der Waals surface area (Å²) >= 11 is 1.19. The molecule has 150 valence electrons. The van der Waals surface area contributed by atoms with Crippen molar-refractivity contribution in [2.24, 2.45) is 0 Å². The van der Waals surface area contributed by atoms with Gasteiger partial charge in [-0.25, -0.2) is 9.29 Å². The molecule has 1 aliphatic heterocycles. The van der Waals surface area contributed by atoms with Crippen LogP contribution in [0.5, 0.6) is 0 Å². The van der Waals surface area contributed by atoms with Gasteiger partial charge in [-0.05, 0) is 55.3 Å². The number of para-hydroxylation sites is 1. The highest BCUT2D eigenvalue weighted by atomic mass is 32.2. The number of anilines is 2. The largest absolute Gasteiger partial charge is 0.350 e. The Bertz CT molecular complexity index is 1170. The molecule has 30 heavy (non-hydrogen) atoms. The minimum absolute atomic E-state index is 0.0589. The molecule has 1 aliphatic rings. The fourth-order valence-electron chi connectivity index (χ4n) is 3.18. The van der Waals surface area contributed by atoms with Crippen molar-refractivity contribution < 1.29 is 14.0 Å². The Morgan fingerprint density at radius 2 is 1.57 bits per heavy atom. The van der Waals surface area contributed by atoms with Crippen LogP contribution >= 0.6 is 11.8 Å². The Morgan fingerprint density at radius 1 is 0.867 bits per heavy atom. The van der Waals surface area contributed by atoms with Gasteiger partial charge in [-0.1, -0.05) is 54.2 Å². The molecule has 0 aromatic heterocycles. The van der Waals surface area contributed by atoms with E-state index in [1.54, 1.807) is 6.07 Å². The van der Waals surface area contributed by atoms with Crippen molar-refractivity contribution in [3.63, 3.8) is 0 Å². The van der Waals surface area contributed by atoms with Crippen LogP contribution in [0.15, 0.2) is 88.3 Å². The highest BCUT2D eigenvalue weighted by Crippen LogP contribution is 2.38. The van der Waals surface area contributed by atoms with Gasteiger partial charge in [0.15, 0.2) is 0 Å². The molecule has 6 heteroatoms. The summed E-state index contributed by atoms with van der Waals surface area (Å²) in [5.41, 5.74) is 2.76. The summed E-state index contributed by atoms with van der Waals surface area (Å²) in [6.45, 7) is 3.87. The molecule has 0 aliphatic carbocycles. The molecule has 4 nitrogen and oxygen atoms in total. The van der Waals surface area contributed by atoms with Crippen LogP contribution in [0.1, 0.15) is 11.1 Å². The summed E-state index contributed by atoms with van der Waals surface area (Å²) in [6, 6.07) is 20.9. The van der Waals surface area contributed by atoms with Gasteiger partial charge in [0.2, 0.25) is 0 Å². The Morgan fingerprint density at radius 3 is 2.30 bits per heavy atom. The zero-order valence-electron chi connectivity index (χ0n) is 16.5. The third-order valence-electron chi connectivity index (χ3n) is 4.75. The predicted octanol–water partition coefficient (Wildman–Crippen LogP) is 5.43. The maximum Gasteiger partial charge on any atom is 0.283 e. The number of halogens is 1. The average Bonchev–Trinajstić information content (AvgIpc) is 2.96. The summed E-state index contributed by atoms with van der Waals surface area (Å²) in [6.07, 6.45) is 0. The molecule has 1 heterocycles. The monoisotopic (exact) mass is 418 g/mol. The minimum Gasteiger partial charge on any atom is -0.350 e. The lowest BCUT2D eigenvalue weighted by atomic mass is 10.1. The van der Waals surface area contributed by atoms with E-state index in [2.05, 4.69) is 5.32 Å². The molecule has 0 unspecified atom stereocenters. The number of hydrogen-bond donors (Lipinski definition) is 1. The molecular weight excluding hydrogens is 399 g/mol. The van der Waals surface area contributed by atoms with Crippen LogP contribution in [-0.4, -0.2) is 11.8 Å². The van der Waals surface area contributed by atoms with Crippen LogP contribution < -0.4 is 10.2 Å². The van der Waals surface area contributed by atoms with Crippen molar-refractivity contribution >= 4 is 35.0 Å². The molecule has 2 amide bonds. The van der Waals surface area contributed by atoms with E-state index in [0.29, 0.717) is 0 Å². The smallest absolute Gasteiger partial charge is 0.283 e. The number of nitrogens with zero attached hydrogens (tertiary/aromatic N) is 1. The number of hydrogen-bond acceptors (Lipinski definition) is 4. The van der Waals surface area contributed by atoms with Crippen molar-refractivity contribution in [1.29, 1.82) is 0 Å². The SMILES string of the molecule is Cc1ccc(C)c(NC2=C(Sc3ccccc3)C(=O)N(c3ccccc3F)C2=O)c1. The van der Waals surface area contributed by atoms with E-state index in [1.807, 2.05) is 62.4 Å². The highest BCUT2D eigenvalue weighted by Gasteiger charge is 2.41. The van der Waals surface area contributed by atoms with Gasteiger partial charge >= 0.3 is 0 Å². The second kappa shape index (κ2) is 8.16. The maximum absolute atomic E-state index is 14.4. The third-order valence-corrected chi connectivity index (χ3v) is 5.84. The van der Waals surface area contributed by atoms with Crippen molar-refractivity contribution in [1.82, 2.24) is 0 Å². The quantitative estimate of drug-likeness (QED) is 0.561. The molecule has 0 spiro atoms. The molecule has 1 N–H and O–H groups in total. The number of amides is 2. The van der Waals surface area contributed by atoms with Gasteiger partial charge in [-0.2, -0.15) is 0 Å². The molecule has 0 atom stereocenters. The van der Waals surface area contributed by atoms with Crippen LogP contribution in [0, 0.1) is 19.7 Å². The van der Waals surface area contributed by atoms with Crippen LogP contribution in [0.3, 0.4) is 0 Å². The van der Waals surface area contributed by atoms with E-state index in [9.17, 15) is 14.0 Å². The zero-order valence-corrected chi connectivity index (χ0v) is 17.3. The normalized spacial score (nSPS) is 13.9. The summed E-state index contributed by atoms with van der Waals surface area (Å²) < 4.78 is 14.4. The van der Waals surface area contributed by atoms with Gasteiger partial charge in [-0.3, -0.25) is 9.59 Å². The third kappa shape index (κ3) is 3.74. The number of nitrogens with one attached hydrogen (secondary N) is 1. The first-order chi connectivity index (χ1) is 14.5. The number of carbonyl (C=O) groups excluding carboxylic acids is 2. The number of thioether (sulfide) groups is 1. The molecule has 3 aromatic rings. The molecule has 0 bridgehead atoms. The first-order valence-electron chi connectivity index (χ1n) is 9.40. The zero-order chi connectivity index (χ0) is 21.3. The number of imide groups is 1. The standard InChI is InChI=1S/C24H19FN2O2S/c1-15-12-13-16(2)19(14-15)26-21-22(30-17-8-4-3-5-9-17)24(29)27(23(21)28)20-11-7-6-10-18(20)25/h3-14,26H,1-2H3. The van der Waals surface area contributed by atoms with E-state index in [0.717, 1.165) is 26.6 Å². The molecule has 0 saturated heterocycles. The molecule has 0 saturated carbocycles. The number of aryl methyl sites for hydroxylation is 2. The molecule has 4 rings (SSSR count). The van der Waals surface area contributed by atoms with Crippen LogP contribution in [0.2, 0.25) is 0 Å². The Labute approximate surface area is 178 Å². The van der Waals surface area contributed by atoms with Crippen molar-refractivity contribution in [2.75, 3.05) is 10.2 Å². The Kier molecular flexibility index (Phi) is 5.42. The van der Waals surface area contributed by atoms with Crippen molar-refractivity contribution in [3.05, 3.63) is 100 Å². The number of carbonyl (C=O) groups is 2. The van der Waals surface area contributed by atoms with E-state index in [4.69, 9.17) is 0 Å².